The predicted octanol–water partition coefficient (Wildman–Crippen LogP) is 1.19. The molecule has 0 atom stereocenters. The fraction of sp³-hybridized carbons (Fsp3) is 0.857. The third-order valence-corrected chi connectivity index (χ3v) is 1.31. The van der Waals surface area contributed by atoms with Crippen LogP contribution in [0.15, 0.2) is 5.11 Å². The molecule has 0 fully saturated rings. The largest absolute Gasteiger partial charge is 0.382 e. The first kappa shape index (κ1) is 11.7. The average Bonchev–Trinajstić information content (AvgIpc) is 2.13. The van der Waals surface area contributed by atoms with Crippen molar-refractivity contribution in [2.45, 2.75) is 19.8 Å². The third kappa shape index (κ3) is 8.65. The Morgan fingerprint density at radius 1 is 1.69 bits per heavy atom. The van der Waals surface area contributed by atoms with Crippen LogP contribution in [0.25, 0.3) is 10.4 Å². The highest BCUT2D eigenvalue weighted by Gasteiger charge is 1.98. The van der Waals surface area contributed by atoms with E-state index in [0.717, 1.165) is 0 Å². The highest BCUT2D eigenvalue weighted by Crippen LogP contribution is 1.89. The number of hydrogen-bond donors (Lipinski definition) is 1. The van der Waals surface area contributed by atoms with E-state index in [1.165, 1.54) is 0 Å². The zero-order valence-electron chi connectivity index (χ0n) is 7.69. The maximum atomic E-state index is 10.9. The van der Waals surface area contributed by atoms with E-state index in [1.807, 2.05) is 6.92 Å². The number of amides is 1. The van der Waals surface area contributed by atoms with Gasteiger partial charge in [0.2, 0.25) is 5.91 Å². The summed E-state index contributed by atoms with van der Waals surface area (Å²) in [6.07, 6.45) is 1.09. The first-order chi connectivity index (χ1) is 6.31. The number of nitrogens with one attached hydrogen (secondary N) is 1. The Bertz CT molecular complexity index is 189. The molecule has 1 amide bonds. The summed E-state index contributed by atoms with van der Waals surface area (Å²) in [7, 11) is 0. The first-order valence-electron chi connectivity index (χ1n) is 4.16. The maximum Gasteiger partial charge on any atom is 0.220 e. The van der Waals surface area contributed by atoms with E-state index in [1.54, 1.807) is 0 Å². The van der Waals surface area contributed by atoms with Crippen LogP contribution >= 0.6 is 0 Å². The average molecular weight is 186 g/mol. The summed E-state index contributed by atoms with van der Waals surface area (Å²) in [5.74, 6) is -0.118. The highest BCUT2D eigenvalue weighted by molar-refractivity contribution is 5.75. The van der Waals surface area contributed by atoms with Crippen molar-refractivity contribution in [2.75, 3.05) is 19.9 Å². The second-order valence-corrected chi connectivity index (χ2v) is 2.29. The van der Waals surface area contributed by atoms with Crippen LogP contribution in [0, 0.1) is 0 Å². The molecule has 13 heavy (non-hydrogen) atoms. The van der Waals surface area contributed by atoms with E-state index in [2.05, 4.69) is 15.3 Å². The van der Waals surface area contributed by atoms with Gasteiger partial charge in [-0.25, -0.2) is 0 Å². The van der Waals surface area contributed by atoms with Crippen LogP contribution in [0.1, 0.15) is 19.8 Å². The fourth-order valence-corrected chi connectivity index (χ4v) is 0.723. The van der Waals surface area contributed by atoms with Crippen molar-refractivity contribution in [3.8, 4) is 0 Å². The SMILES string of the molecule is CCOCCCC(=O)NCN=[N+]=[N-]. The predicted molar refractivity (Wildman–Crippen MR) is 47.9 cm³/mol. The Hall–Kier alpha value is -1.26. The summed E-state index contributed by atoms with van der Waals surface area (Å²) in [5, 5.41) is 5.62. The Kier molecular flexibility index (Phi) is 7.98. The lowest BCUT2D eigenvalue weighted by molar-refractivity contribution is -0.121. The van der Waals surface area contributed by atoms with Crippen LogP contribution < -0.4 is 5.32 Å². The van der Waals surface area contributed by atoms with Crippen molar-refractivity contribution >= 4 is 5.91 Å². The van der Waals surface area contributed by atoms with E-state index >= 15 is 0 Å². The summed E-state index contributed by atoms with van der Waals surface area (Å²) in [6.45, 7) is 3.18. The van der Waals surface area contributed by atoms with Crippen LogP contribution in [0.2, 0.25) is 0 Å². The second kappa shape index (κ2) is 8.83. The molecule has 0 aromatic carbocycles. The summed E-state index contributed by atoms with van der Waals surface area (Å²) in [6, 6.07) is 0. The van der Waals surface area contributed by atoms with Crippen LogP contribution in [-0.4, -0.2) is 25.8 Å². The van der Waals surface area contributed by atoms with Gasteiger partial charge in [-0.1, -0.05) is 5.11 Å². The van der Waals surface area contributed by atoms with E-state index in [-0.39, 0.29) is 12.6 Å². The molecule has 0 heterocycles. The second-order valence-electron chi connectivity index (χ2n) is 2.29. The molecular weight excluding hydrogens is 172 g/mol. The van der Waals surface area contributed by atoms with Gasteiger partial charge in [0, 0.05) is 24.5 Å². The van der Waals surface area contributed by atoms with Crippen molar-refractivity contribution in [3.63, 3.8) is 0 Å². The number of rotatable bonds is 7. The lowest BCUT2D eigenvalue weighted by Gasteiger charge is -2.01. The van der Waals surface area contributed by atoms with Gasteiger partial charge in [-0.05, 0) is 18.9 Å². The van der Waals surface area contributed by atoms with Crippen LogP contribution in [0.4, 0.5) is 0 Å². The molecule has 0 spiro atoms. The zero-order chi connectivity index (χ0) is 9.94. The monoisotopic (exact) mass is 186 g/mol. The Morgan fingerprint density at radius 2 is 2.46 bits per heavy atom. The van der Waals surface area contributed by atoms with E-state index in [4.69, 9.17) is 10.3 Å². The number of ether oxygens (including phenoxy) is 1. The van der Waals surface area contributed by atoms with Gasteiger partial charge in [0.05, 0.1) is 6.67 Å². The summed E-state index contributed by atoms with van der Waals surface area (Å²) in [5.41, 5.74) is 7.91. The Balaban J connectivity index is 3.25. The molecule has 74 valence electrons. The molecule has 0 aromatic heterocycles. The van der Waals surface area contributed by atoms with Gasteiger partial charge in [-0.2, -0.15) is 0 Å². The molecular formula is C7H14N4O2. The molecule has 0 aliphatic carbocycles. The smallest absolute Gasteiger partial charge is 0.220 e. The minimum atomic E-state index is -0.118. The number of carbonyl (C=O) groups is 1. The van der Waals surface area contributed by atoms with Crippen molar-refractivity contribution in [2.24, 2.45) is 5.11 Å². The number of azide groups is 1. The van der Waals surface area contributed by atoms with E-state index in [0.29, 0.717) is 26.1 Å². The molecule has 0 saturated carbocycles. The minimum absolute atomic E-state index is 0.0178. The van der Waals surface area contributed by atoms with Gasteiger partial charge in [0.15, 0.2) is 0 Å². The summed E-state index contributed by atoms with van der Waals surface area (Å²) in [4.78, 5) is 13.4. The fourth-order valence-electron chi connectivity index (χ4n) is 0.723. The lowest BCUT2D eigenvalue weighted by Crippen LogP contribution is -2.23. The summed E-state index contributed by atoms with van der Waals surface area (Å²) >= 11 is 0. The van der Waals surface area contributed by atoms with Gasteiger partial charge >= 0.3 is 0 Å². The van der Waals surface area contributed by atoms with E-state index in [9.17, 15) is 4.79 Å². The van der Waals surface area contributed by atoms with Crippen LogP contribution in [0.3, 0.4) is 0 Å². The third-order valence-electron chi connectivity index (χ3n) is 1.31. The van der Waals surface area contributed by atoms with Gasteiger partial charge < -0.3 is 10.1 Å². The van der Waals surface area contributed by atoms with E-state index < -0.39 is 0 Å². The normalized spacial score (nSPS) is 9.00. The molecule has 0 aromatic rings. The topological polar surface area (TPSA) is 87.1 Å². The molecule has 0 unspecified atom stereocenters. The molecule has 0 saturated heterocycles. The highest BCUT2D eigenvalue weighted by atomic mass is 16.5. The van der Waals surface area contributed by atoms with Crippen molar-refractivity contribution < 1.29 is 9.53 Å². The number of nitrogens with zero attached hydrogens (tertiary/aromatic N) is 3. The first-order valence-corrected chi connectivity index (χ1v) is 4.16. The molecule has 0 aliphatic rings. The Labute approximate surface area is 76.9 Å². The van der Waals surface area contributed by atoms with Crippen molar-refractivity contribution in [1.82, 2.24) is 5.32 Å². The summed E-state index contributed by atoms with van der Waals surface area (Å²) < 4.78 is 5.05. The lowest BCUT2D eigenvalue weighted by atomic mass is 10.3. The standard InChI is InChI=1S/C7H14N4O2/c1-2-13-5-3-4-7(12)9-6-10-11-8/h2-6H2,1H3,(H,9,12). The molecule has 0 radical (unpaired) electrons. The molecule has 1 N–H and O–H groups in total. The zero-order valence-corrected chi connectivity index (χ0v) is 7.69. The van der Waals surface area contributed by atoms with Crippen LogP contribution in [0.5, 0.6) is 0 Å². The number of hydrogen-bond acceptors (Lipinski definition) is 3. The van der Waals surface area contributed by atoms with Crippen LogP contribution in [-0.2, 0) is 9.53 Å². The van der Waals surface area contributed by atoms with Gasteiger partial charge in [-0.15, -0.1) is 0 Å². The van der Waals surface area contributed by atoms with Crippen molar-refractivity contribution in [1.29, 1.82) is 0 Å². The van der Waals surface area contributed by atoms with Gasteiger partial charge in [-0.3, -0.25) is 4.79 Å². The Morgan fingerprint density at radius 3 is 3.08 bits per heavy atom. The minimum Gasteiger partial charge on any atom is -0.382 e. The molecule has 0 aliphatic heterocycles. The molecule has 6 nitrogen and oxygen atoms in total. The molecule has 6 heteroatoms. The quantitative estimate of drug-likeness (QED) is 0.280. The molecule has 0 bridgehead atoms. The van der Waals surface area contributed by atoms with Crippen molar-refractivity contribution in [3.05, 3.63) is 10.4 Å². The van der Waals surface area contributed by atoms with Gasteiger partial charge in [0.25, 0.3) is 0 Å². The maximum absolute atomic E-state index is 10.9. The molecule has 0 rings (SSSR count). The number of carbonyl (C=O) groups excluding carboxylic acids is 1. The van der Waals surface area contributed by atoms with Gasteiger partial charge in [0.1, 0.15) is 0 Å².